The van der Waals surface area contributed by atoms with E-state index in [1.165, 1.54) is 385 Å². The zero-order valence-corrected chi connectivity index (χ0v) is 58.6. The Balaban J connectivity index is 3.39. The van der Waals surface area contributed by atoms with Gasteiger partial charge in [0.1, 0.15) is 0 Å². The van der Waals surface area contributed by atoms with E-state index in [1.807, 2.05) is 6.08 Å². The van der Waals surface area contributed by atoms with Gasteiger partial charge in [0.2, 0.25) is 5.91 Å². The predicted octanol–water partition coefficient (Wildman–Crippen LogP) is 26.0. The van der Waals surface area contributed by atoms with Crippen molar-refractivity contribution in [3.63, 3.8) is 0 Å². The number of allylic oxidation sites excluding steroid dienone is 3. The highest BCUT2D eigenvalue weighted by molar-refractivity contribution is 5.76. The smallest absolute Gasteiger partial charge is 0.305 e. The SMILES string of the molecule is CCCCCCCCCCCCCCCCCCCCCCCC/C=C/C(O)C(CO)NC(=O)CCCCCCCCCCCCCC/C=C\CCCCCCCCCCCCCCOC(=O)CCCCCCCCCCCCCCCCCCC. The number of hydrogen-bond donors (Lipinski definition) is 3. The number of amides is 1. The van der Waals surface area contributed by atoms with Crippen molar-refractivity contribution in [2.45, 2.75) is 463 Å². The number of ether oxygens (including phenoxy) is 1. The minimum atomic E-state index is -0.846. The lowest BCUT2D eigenvalue weighted by Gasteiger charge is -2.20. The average Bonchev–Trinajstić information content (AvgIpc) is 3.59. The summed E-state index contributed by atoms with van der Waals surface area (Å²) in [6, 6.07) is -0.629. The van der Waals surface area contributed by atoms with Gasteiger partial charge in [0, 0.05) is 12.8 Å². The van der Waals surface area contributed by atoms with Crippen LogP contribution in [0, 0.1) is 0 Å². The second-order valence-corrected chi connectivity index (χ2v) is 27.4. The lowest BCUT2D eigenvalue weighted by Crippen LogP contribution is -2.45. The molecule has 6 nitrogen and oxygen atoms in total. The fourth-order valence-corrected chi connectivity index (χ4v) is 12.7. The summed E-state index contributed by atoms with van der Waals surface area (Å²) in [5.74, 6) is -0.0421. The van der Waals surface area contributed by atoms with Crippen molar-refractivity contribution >= 4 is 11.9 Å². The van der Waals surface area contributed by atoms with Crippen LogP contribution in [0.1, 0.15) is 450 Å². The van der Waals surface area contributed by atoms with E-state index in [0.717, 1.165) is 38.5 Å². The molecule has 0 bridgehead atoms. The lowest BCUT2D eigenvalue weighted by atomic mass is 10.0. The molecule has 0 saturated heterocycles. The molecule has 0 heterocycles. The van der Waals surface area contributed by atoms with Gasteiger partial charge in [-0.2, -0.15) is 0 Å². The largest absolute Gasteiger partial charge is 0.466 e. The quantitative estimate of drug-likeness (QED) is 0.0320. The van der Waals surface area contributed by atoms with E-state index in [9.17, 15) is 19.8 Å². The Kier molecular flexibility index (Phi) is 74.3. The molecule has 2 unspecified atom stereocenters. The highest BCUT2D eigenvalue weighted by atomic mass is 16.5. The van der Waals surface area contributed by atoms with Crippen LogP contribution in [0.15, 0.2) is 24.3 Å². The van der Waals surface area contributed by atoms with Gasteiger partial charge >= 0.3 is 5.97 Å². The first-order valence-electron chi connectivity index (χ1n) is 39.6. The maximum absolute atomic E-state index is 12.6. The van der Waals surface area contributed by atoms with Crippen molar-refractivity contribution in [3.8, 4) is 0 Å². The molecule has 0 spiro atoms. The fraction of sp³-hybridized carbons (Fsp3) is 0.925. The van der Waals surface area contributed by atoms with Gasteiger partial charge in [-0.25, -0.2) is 0 Å². The number of carbonyl (C=O) groups excluding carboxylic acids is 2. The standard InChI is InChI=1S/C80H155NO5/c1-3-5-7-9-11-13-15-17-19-21-22-23-24-31-34-37-41-44-48-52-56-60-64-68-72-78(83)77(76-82)81-79(84)73-69-65-61-57-53-49-45-42-38-35-32-29-27-25-26-28-30-33-36-39-43-47-51-55-59-63-67-71-75-86-80(85)74-70-66-62-58-54-50-46-40-20-18-16-14-12-10-8-6-4-2/h25-26,68,72,77-78,82-83H,3-24,27-67,69-71,73-76H2,1-2H3,(H,81,84)/b26-25-,72-68+. The van der Waals surface area contributed by atoms with Crippen molar-refractivity contribution in [3.05, 3.63) is 24.3 Å². The van der Waals surface area contributed by atoms with E-state index in [-0.39, 0.29) is 18.5 Å². The third-order valence-corrected chi connectivity index (χ3v) is 18.7. The van der Waals surface area contributed by atoms with E-state index in [1.54, 1.807) is 6.08 Å². The molecule has 0 aromatic rings. The number of aliphatic hydroxyl groups is 2. The number of hydrogen-bond acceptors (Lipinski definition) is 5. The minimum Gasteiger partial charge on any atom is -0.466 e. The number of aliphatic hydroxyl groups excluding tert-OH is 2. The molecule has 0 aromatic heterocycles. The van der Waals surface area contributed by atoms with Crippen LogP contribution < -0.4 is 5.32 Å². The van der Waals surface area contributed by atoms with Gasteiger partial charge in [-0.3, -0.25) is 9.59 Å². The van der Waals surface area contributed by atoms with E-state index >= 15 is 0 Å². The minimum absolute atomic E-state index is 0.0206. The van der Waals surface area contributed by atoms with Gasteiger partial charge in [0.05, 0.1) is 25.4 Å². The number of rotatable bonds is 75. The molecule has 0 radical (unpaired) electrons. The molecular formula is C80H155NO5. The molecule has 6 heteroatoms. The van der Waals surface area contributed by atoms with Crippen LogP contribution >= 0.6 is 0 Å². The van der Waals surface area contributed by atoms with Crippen molar-refractivity contribution in [1.29, 1.82) is 0 Å². The zero-order chi connectivity index (χ0) is 62.0. The van der Waals surface area contributed by atoms with Gasteiger partial charge in [-0.15, -0.1) is 0 Å². The van der Waals surface area contributed by atoms with E-state index < -0.39 is 12.1 Å². The summed E-state index contributed by atoms with van der Waals surface area (Å²) >= 11 is 0. The number of esters is 1. The van der Waals surface area contributed by atoms with E-state index in [4.69, 9.17) is 4.74 Å². The Morgan fingerprint density at radius 1 is 0.314 bits per heavy atom. The van der Waals surface area contributed by atoms with E-state index in [0.29, 0.717) is 19.4 Å². The van der Waals surface area contributed by atoms with Crippen molar-refractivity contribution in [1.82, 2.24) is 5.32 Å². The highest BCUT2D eigenvalue weighted by Crippen LogP contribution is 2.20. The van der Waals surface area contributed by atoms with Gasteiger partial charge in [-0.05, 0) is 57.8 Å². The fourth-order valence-electron chi connectivity index (χ4n) is 12.7. The molecule has 0 rings (SSSR count). The van der Waals surface area contributed by atoms with Crippen LogP contribution in [0.25, 0.3) is 0 Å². The maximum Gasteiger partial charge on any atom is 0.305 e. The molecular weight excluding hydrogens is 1050 g/mol. The topological polar surface area (TPSA) is 95.9 Å². The Morgan fingerprint density at radius 2 is 0.547 bits per heavy atom. The van der Waals surface area contributed by atoms with Crippen molar-refractivity contribution < 1.29 is 24.5 Å². The third kappa shape index (κ3) is 71.4. The summed E-state index contributed by atoms with van der Waals surface area (Å²) in [5.41, 5.74) is 0. The Hall–Kier alpha value is -1.66. The van der Waals surface area contributed by atoms with Crippen LogP contribution in [-0.2, 0) is 14.3 Å². The van der Waals surface area contributed by atoms with Gasteiger partial charge in [0.25, 0.3) is 0 Å². The molecule has 0 aliphatic rings. The number of carbonyl (C=O) groups is 2. The molecule has 0 saturated carbocycles. The first-order chi connectivity index (χ1) is 42.5. The first-order valence-corrected chi connectivity index (χ1v) is 39.6. The second kappa shape index (κ2) is 75.8. The highest BCUT2D eigenvalue weighted by Gasteiger charge is 2.18. The predicted molar refractivity (Wildman–Crippen MR) is 380 cm³/mol. The summed E-state index contributed by atoms with van der Waals surface area (Å²) < 4.78 is 5.51. The Morgan fingerprint density at radius 3 is 0.826 bits per heavy atom. The van der Waals surface area contributed by atoms with E-state index in [2.05, 4.69) is 31.3 Å². The molecule has 3 N–H and O–H groups in total. The molecule has 0 aromatic carbocycles. The average molecular weight is 1210 g/mol. The molecule has 1 amide bonds. The van der Waals surface area contributed by atoms with Crippen LogP contribution in [0.4, 0.5) is 0 Å². The molecule has 0 aliphatic carbocycles. The molecule has 0 fully saturated rings. The van der Waals surface area contributed by atoms with Gasteiger partial charge < -0.3 is 20.3 Å². The zero-order valence-electron chi connectivity index (χ0n) is 58.6. The lowest BCUT2D eigenvalue weighted by molar-refractivity contribution is -0.143. The number of nitrogens with one attached hydrogen (secondary N) is 1. The molecule has 0 aliphatic heterocycles. The first kappa shape index (κ1) is 84.3. The summed E-state index contributed by atoms with van der Waals surface area (Å²) in [6.45, 7) is 4.96. The van der Waals surface area contributed by atoms with Crippen LogP contribution in [-0.4, -0.2) is 47.4 Å². The van der Waals surface area contributed by atoms with Gasteiger partial charge in [0.15, 0.2) is 0 Å². The maximum atomic E-state index is 12.6. The second-order valence-electron chi connectivity index (χ2n) is 27.4. The third-order valence-electron chi connectivity index (χ3n) is 18.7. The van der Waals surface area contributed by atoms with Crippen molar-refractivity contribution in [2.24, 2.45) is 0 Å². The normalized spacial score (nSPS) is 12.6. The number of unbranched alkanes of at least 4 members (excludes halogenated alkanes) is 62. The summed E-state index contributed by atoms with van der Waals surface area (Å²) in [4.78, 5) is 24.7. The molecule has 2 atom stereocenters. The van der Waals surface area contributed by atoms with Crippen molar-refractivity contribution in [2.75, 3.05) is 13.2 Å². The van der Waals surface area contributed by atoms with Crippen LogP contribution in [0.5, 0.6) is 0 Å². The summed E-state index contributed by atoms with van der Waals surface area (Å²) in [7, 11) is 0. The summed E-state index contributed by atoms with van der Waals surface area (Å²) in [6.07, 6.45) is 97.2. The Labute approximate surface area is 539 Å². The van der Waals surface area contributed by atoms with Crippen LogP contribution in [0.2, 0.25) is 0 Å². The van der Waals surface area contributed by atoms with Crippen LogP contribution in [0.3, 0.4) is 0 Å². The molecule has 510 valence electrons. The monoisotopic (exact) mass is 1210 g/mol. The summed E-state index contributed by atoms with van der Waals surface area (Å²) in [5, 5.41) is 23.3. The molecule has 86 heavy (non-hydrogen) atoms. The Bertz CT molecular complexity index is 1350. The van der Waals surface area contributed by atoms with Gasteiger partial charge in [-0.1, -0.05) is 404 Å².